The van der Waals surface area contributed by atoms with E-state index in [4.69, 9.17) is 15.9 Å². The van der Waals surface area contributed by atoms with E-state index in [0.29, 0.717) is 5.75 Å². The van der Waals surface area contributed by atoms with Gasteiger partial charge in [0.2, 0.25) is 0 Å². The summed E-state index contributed by atoms with van der Waals surface area (Å²) in [4.78, 5) is 10.6. The molecule has 13 heavy (non-hydrogen) atoms. The highest BCUT2D eigenvalue weighted by Crippen LogP contribution is 2.27. The normalized spacial score (nSPS) is 16.7. The SMILES string of the molecule is CC(O)CSC(C)(C)[C@@H](N)C(=O)O. The molecule has 0 bridgehead atoms. The Labute approximate surface area is 82.5 Å². The molecule has 0 saturated carbocycles. The predicted molar refractivity (Wildman–Crippen MR) is 53.8 cm³/mol. The van der Waals surface area contributed by atoms with Gasteiger partial charge in [-0.1, -0.05) is 0 Å². The van der Waals surface area contributed by atoms with Crippen LogP contribution in [0, 0.1) is 0 Å². The molecule has 1 unspecified atom stereocenters. The topological polar surface area (TPSA) is 83.5 Å². The Bertz CT molecular complexity index is 182. The average Bonchev–Trinajstić information content (AvgIpc) is 1.99. The maximum atomic E-state index is 10.6. The van der Waals surface area contributed by atoms with Crippen LogP contribution in [0.15, 0.2) is 0 Å². The lowest BCUT2D eigenvalue weighted by Gasteiger charge is -2.28. The molecule has 0 aliphatic carbocycles. The second kappa shape index (κ2) is 4.83. The maximum absolute atomic E-state index is 10.6. The van der Waals surface area contributed by atoms with Gasteiger partial charge in [-0.3, -0.25) is 4.79 Å². The first-order valence-corrected chi connectivity index (χ1v) is 5.06. The van der Waals surface area contributed by atoms with Crippen molar-refractivity contribution in [2.75, 3.05) is 5.75 Å². The number of carboxylic acid groups (broad SMARTS) is 1. The van der Waals surface area contributed by atoms with Gasteiger partial charge in [-0.15, -0.1) is 0 Å². The number of rotatable bonds is 5. The Kier molecular flexibility index (Phi) is 4.74. The van der Waals surface area contributed by atoms with Crippen molar-refractivity contribution in [2.45, 2.75) is 37.7 Å². The van der Waals surface area contributed by atoms with Gasteiger partial charge in [-0.2, -0.15) is 11.8 Å². The molecule has 5 heteroatoms. The maximum Gasteiger partial charge on any atom is 0.321 e. The van der Waals surface area contributed by atoms with Crippen LogP contribution in [0.4, 0.5) is 0 Å². The average molecular weight is 207 g/mol. The lowest BCUT2D eigenvalue weighted by molar-refractivity contribution is -0.139. The summed E-state index contributed by atoms with van der Waals surface area (Å²) in [5.74, 6) is -0.517. The standard InChI is InChI=1S/C8H17NO3S/c1-5(10)4-13-8(2,3)6(9)7(11)12/h5-6,10H,4,9H2,1-3H3,(H,11,12)/t5?,6-/m0/s1. The molecule has 4 N–H and O–H groups in total. The summed E-state index contributed by atoms with van der Waals surface area (Å²) in [6, 6.07) is -0.906. The smallest absolute Gasteiger partial charge is 0.321 e. The summed E-state index contributed by atoms with van der Waals surface area (Å²) in [7, 11) is 0. The molecule has 2 atom stereocenters. The zero-order valence-corrected chi connectivity index (χ0v) is 8.97. The number of aliphatic hydroxyl groups excluding tert-OH is 1. The molecule has 4 nitrogen and oxygen atoms in total. The van der Waals surface area contributed by atoms with Crippen LogP contribution in [0.25, 0.3) is 0 Å². The van der Waals surface area contributed by atoms with Crippen LogP contribution in [-0.4, -0.2) is 38.8 Å². The quantitative estimate of drug-likeness (QED) is 0.603. The second-order valence-electron chi connectivity index (χ2n) is 3.58. The lowest BCUT2D eigenvalue weighted by Crippen LogP contribution is -2.47. The van der Waals surface area contributed by atoms with E-state index in [2.05, 4.69) is 0 Å². The van der Waals surface area contributed by atoms with Crippen LogP contribution in [0.5, 0.6) is 0 Å². The van der Waals surface area contributed by atoms with Gasteiger partial charge >= 0.3 is 5.97 Å². The van der Waals surface area contributed by atoms with E-state index < -0.39 is 22.9 Å². The molecule has 0 aromatic rings. The number of carbonyl (C=O) groups is 1. The van der Waals surface area contributed by atoms with Gasteiger partial charge in [-0.05, 0) is 20.8 Å². The van der Waals surface area contributed by atoms with Crippen LogP contribution >= 0.6 is 11.8 Å². The minimum Gasteiger partial charge on any atom is -0.480 e. The second-order valence-corrected chi connectivity index (χ2v) is 5.25. The number of nitrogens with two attached hydrogens (primary N) is 1. The summed E-state index contributed by atoms with van der Waals surface area (Å²) in [5.41, 5.74) is 5.48. The first kappa shape index (κ1) is 12.7. The summed E-state index contributed by atoms with van der Waals surface area (Å²) >= 11 is 1.37. The van der Waals surface area contributed by atoms with Gasteiger partial charge in [0, 0.05) is 10.5 Å². The van der Waals surface area contributed by atoms with Gasteiger partial charge in [0.25, 0.3) is 0 Å². The number of aliphatic carboxylic acids is 1. The Hall–Kier alpha value is -0.260. The summed E-state index contributed by atoms with van der Waals surface area (Å²) in [5, 5.41) is 17.7. The third-order valence-electron chi connectivity index (χ3n) is 1.71. The monoisotopic (exact) mass is 207 g/mol. The molecule has 0 fully saturated rings. The minimum absolute atomic E-state index is 0.440. The van der Waals surface area contributed by atoms with E-state index in [1.54, 1.807) is 20.8 Å². The van der Waals surface area contributed by atoms with Gasteiger partial charge in [0.05, 0.1) is 6.10 Å². The lowest BCUT2D eigenvalue weighted by atomic mass is 10.1. The van der Waals surface area contributed by atoms with Crippen molar-refractivity contribution in [1.82, 2.24) is 0 Å². The fourth-order valence-electron chi connectivity index (χ4n) is 0.723. The minimum atomic E-state index is -1.01. The predicted octanol–water partition coefficient (Wildman–Crippen LogP) is 0.291. The Morgan fingerprint density at radius 2 is 2.08 bits per heavy atom. The Morgan fingerprint density at radius 3 is 2.38 bits per heavy atom. The van der Waals surface area contributed by atoms with E-state index in [0.717, 1.165) is 0 Å². The van der Waals surface area contributed by atoms with E-state index in [9.17, 15) is 4.79 Å². The van der Waals surface area contributed by atoms with E-state index in [-0.39, 0.29) is 0 Å². The molecule has 0 aromatic heterocycles. The molecule has 0 aromatic carbocycles. The molecule has 0 rings (SSSR count). The number of hydrogen-bond acceptors (Lipinski definition) is 4. The molecule has 0 aliphatic heterocycles. The highest BCUT2D eigenvalue weighted by Gasteiger charge is 2.32. The highest BCUT2D eigenvalue weighted by atomic mass is 32.2. The zero-order chi connectivity index (χ0) is 10.6. The first-order chi connectivity index (χ1) is 5.77. The van der Waals surface area contributed by atoms with Crippen LogP contribution in [-0.2, 0) is 4.79 Å². The third kappa shape index (κ3) is 4.50. The van der Waals surface area contributed by atoms with Gasteiger partial charge in [0.15, 0.2) is 0 Å². The van der Waals surface area contributed by atoms with E-state index in [1.165, 1.54) is 11.8 Å². The molecular formula is C8H17NO3S. The van der Waals surface area contributed by atoms with Crippen molar-refractivity contribution in [3.8, 4) is 0 Å². The fraction of sp³-hybridized carbons (Fsp3) is 0.875. The van der Waals surface area contributed by atoms with Gasteiger partial charge < -0.3 is 15.9 Å². The first-order valence-electron chi connectivity index (χ1n) is 4.08. The number of aliphatic hydroxyl groups is 1. The van der Waals surface area contributed by atoms with Crippen molar-refractivity contribution >= 4 is 17.7 Å². The number of hydrogen-bond donors (Lipinski definition) is 3. The fourth-order valence-corrected chi connectivity index (χ4v) is 1.67. The molecule has 0 amide bonds. The molecule has 78 valence electrons. The highest BCUT2D eigenvalue weighted by molar-refractivity contribution is 8.00. The number of thioether (sulfide) groups is 1. The van der Waals surface area contributed by atoms with Crippen LogP contribution in [0.2, 0.25) is 0 Å². The van der Waals surface area contributed by atoms with Crippen molar-refractivity contribution < 1.29 is 15.0 Å². The summed E-state index contributed by atoms with van der Waals surface area (Å²) < 4.78 is -0.553. The Balaban J connectivity index is 4.13. The van der Waals surface area contributed by atoms with E-state index in [1.807, 2.05) is 0 Å². The molecule has 0 radical (unpaired) electrons. The van der Waals surface area contributed by atoms with Crippen LogP contribution in [0.3, 0.4) is 0 Å². The van der Waals surface area contributed by atoms with Crippen molar-refractivity contribution in [3.05, 3.63) is 0 Å². The molecule has 0 spiro atoms. The van der Waals surface area contributed by atoms with Crippen molar-refractivity contribution in [1.29, 1.82) is 0 Å². The van der Waals surface area contributed by atoms with Crippen LogP contribution in [0.1, 0.15) is 20.8 Å². The molecule has 0 aliphatic rings. The van der Waals surface area contributed by atoms with Gasteiger partial charge in [0.1, 0.15) is 6.04 Å². The molecule has 0 heterocycles. The summed E-state index contributed by atoms with van der Waals surface area (Å²) in [6.07, 6.45) is -0.440. The third-order valence-corrected chi connectivity index (χ3v) is 3.36. The van der Waals surface area contributed by atoms with Crippen molar-refractivity contribution in [2.24, 2.45) is 5.73 Å². The number of carboxylic acids is 1. The largest absolute Gasteiger partial charge is 0.480 e. The van der Waals surface area contributed by atoms with Crippen molar-refractivity contribution in [3.63, 3.8) is 0 Å². The Morgan fingerprint density at radius 1 is 1.62 bits per heavy atom. The molecular weight excluding hydrogens is 190 g/mol. The molecule has 0 saturated heterocycles. The summed E-state index contributed by atoms with van der Waals surface area (Å²) in [6.45, 7) is 5.19. The van der Waals surface area contributed by atoms with Gasteiger partial charge in [-0.25, -0.2) is 0 Å². The van der Waals surface area contributed by atoms with Crippen LogP contribution < -0.4 is 5.73 Å². The van der Waals surface area contributed by atoms with E-state index >= 15 is 0 Å². The zero-order valence-electron chi connectivity index (χ0n) is 8.15.